The molecule has 0 unspecified atom stereocenters. The molecule has 1 saturated carbocycles. The molecule has 1 aromatic heterocycles. The van der Waals surface area contributed by atoms with Gasteiger partial charge in [-0.3, -0.25) is 0 Å². The lowest BCUT2D eigenvalue weighted by Crippen LogP contribution is -2.24. The summed E-state index contributed by atoms with van der Waals surface area (Å²) in [5.41, 5.74) is 1.54. The van der Waals surface area contributed by atoms with E-state index in [1.807, 2.05) is 13.0 Å². The average Bonchev–Trinajstić information content (AvgIpc) is 3.08. The Morgan fingerprint density at radius 1 is 1.44 bits per heavy atom. The van der Waals surface area contributed by atoms with Crippen LogP contribution in [0.25, 0.3) is 0 Å². The van der Waals surface area contributed by atoms with Gasteiger partial charge in [-0.2, -0.15) is 5.26 Å². The van der Waals surface area contributed by atoms with Gasteiger partial charge in [0.15, 0.2) is 0 Å². The minimum Gasteiger partial charge on any atom is -0.368 e. The zero-order valence-electron chi connectivity index (χ0n) is 9.45. The van der Waals surface area contributed by atoms with Gasteiger partial charge in [-0.1, -0.05) is 0 Å². The maximum Gasteiger partial charge on any atom is 0.144 e. The lowest BCUT2D eigenvalue weighted by molar-refractivity contribution is 0.700. The highest BCUT2D eigenvalue weighted by Gasteiger charge is 2.19. The third kappa shape index (κ3) is 2.94. The summed E-state index contributed by atoms with van der Waals surface area (Å²) in [5, 5.41) is 15.5. The van der Waals surface area contributed by atoms with Gasteiger partial charge in [0.05, 0.1) is 5.56 Å². The molecule has 4 heteroatoms. The van der Waals surface area contributed by atoms with Gasteiger partial charge >= 0.3 is 0 Å². The molecule has 16 heavy (non-hydrogen) atoms. The SMILES string of the molecule is Cc1ccc(C#N)c(NCCNC2CC2)n1. The predicted octanol–water partition coefficient (Wildman–Crippen LogP) is 1.43. The molecule has 2 rings (SSSR count). The molecular formula is C12H16N4. The zero-order chi connectivity index (χ0) is 11.4. The Morgan fingerprint density at radius 3 is 2.94 bits per heavy atom. The van der Waals surface area contributed by atoms with E-state index in [0.29, 0.717) is 11.4 Å². The van der Waals surface area contributed by atoms with Crippen LogP contribution < -0.4 is 10.6 Å². The van der Waals surface area contributed by atoms with Crippen LogP contribution >= 0.6 is 0 Å². The third-order valence-electron chi connectivity index (χ3n) is 2.58. The smallest absolute Gasteiger partial charge is 0.144 e. The Hall–Kier alpha value is -1.60. The Bertz CT molecular complexity index is 404. The molecule has 0 bridgehead atoms. The van der Waals surface area contributed by atoms with Crippen LogP contribution in [0.5, 0.6) is 0 Å². The number of hydrogen-bond acceptors (Lipinski definition) is 4. The molecular weight excluding hydrogens is 200 g/mol. The van der Waals surface area contributed by atoms with Crippen LogP contribution in [0.15, 0.2) is 12.1 Å². The summed E-state index contributed by atoms with van der Waals surface area (Å²) in [6.07, 6.45) is 2.60. The number of aryl methyl sites for hydroxylation is 1. The van der Waals surface area contributed by atoms with Gasteiger partial charge in [-0.05, 0) is 31.9 Å². The molecule has 0 amide bonds. The summed E-state index contributed by atoms with van der Waals surface area (Å²) in [7, 11) is 0. The van der Waals surface area contributed by atoms with Crippen LogP contribution in [-0.4, -0.2) is 24.1 Å². The number of nitrogens with zero attached hydrogens (tertiary/aromatic N) is 2. The highest BCUT2D eigenvalue weighted by Crippen LogP contribution is 2.18. The molecule has 0 radical (unpaired) electrons. The van der Waals surface area contributed by atoms with Gasteiger partial charge in [0.1, 0.15) is 11.9 Å². The first-order valence-corrected chi connectivity index (χ1v) is 5.64. The van der Waals surface area contributed by atoms with E-state index in [-0.39, 0.29) is 0 Å². The molecule has 1 heterocycles. The van der Waals surface area contributed by atoms with Crippen LogP contribution in [0, 0.1) is 18.3 Å². The monoisotopic (exact) mass is 216 g/mol. The number of anilines is 1. The van der Waals surface area contributed by atoms with Crippen molar-refractivity contribution in [2.45, 2.75) is 25.8 Å². The Balaban J connectivity index is 1.86. The molecule has 1 fully saturated rings. The summed E-state index contributed by atoms with van der Waals surface area (Å²) in [6, 6.07) is 6.52. The van der Waals surface area contributed by atoms with Crippen molar-refractivity contribution < 1.29 is 0 Å². The van der Waals surface area contributed by atoms with E-state index in [1.165, 1.54) is 12.8 Å². The summed E-state index contributed by atoms with van der Waals surface area (Å²) in [5.74, 6) is 0.695. The molecule has 84 valence electrons. The average molecular weight is 216 g/mol. The van der Waals surface area contributed by atoms with E-state index in [1.54, 1.807) is 6.07 Å². The first-order chi connectivity index (χ1) is 7.79. The summed E-state index contributed by atoms with van der Waals surface area (Å²) in [4.78, 5) is 4.31. The lowest BCUT2D eigenvalue weighted by Gasteiger charge is -2.08. The van der Waals surface area contributed by atoms with Crippen molar-refractivity contribution in [2.24, 2.45) is 0 Å². The van der Waals surface area contributed by atoms with Gasteiger partial charge in [0.25, 0.3) is 0 Å². The number of rotatable bonds is 5. The molecule has 0 saturated heterocycles. The second kappa shape index (κ2) is 4.95. The van der Waals surface area contributed by atoms with E-state index in [9.17, 15) is 0 Å². The first-order valence-electron chi connectivity index (χ1n) is 5.64. The Kier molecular flexibility index (Phi) is 3.37. The first kappa shape index (κ1) is 10.9. The molecule has 1 aliphatic carbocycles. The van der Waals surface area contributed by atoms with E-state index in [4.69, 9.17) is 5.26 Å². The van der Waals surface area contributed by atoms with Crippen molar-refractivity contribution in [1.29, 1.82) is 5.26 Å². The van der Waals surface area contributed by atoms with E-state index in [0.717, 1.165) is 24.8 Å². The zero-order valence-corrected chi connectivity index (χ0v) is 9.45. The Labute approximate surface area is 95.7 Å². The van der Waals surface area contributed by atoms with Crippen LogP contribution in [0.1, 0.15) is 24.1 Å². The van der Waals surface area contributed by atoms with Gasteiger partial charge in [-0.25, -0.2) is 4.98 Å². The molecule has 4 nitrogen and oxygen atoms in total. The fraction of sp³-hybridized carbons (Fsp3) is 0.500. The maximum atomic E-state index is 8.92. The van der Waals surface area contributed by atoms with Crippen molar-refractivity contribution >= 4 is 5.82 Å². The number of aromatic nitrogens is 1. The molecule has 2 N–H and O–H groups in total. The minimum atomic E-state index is 0.608. The lowest BCUT2D eigenvalue weighted by atomic mass is 10.2. The van der Waals surface area contributed by atoms with Crippen molar-refractivity contribution in [2.75, 3.05) is 18.4 Å². The highest BCUT2D eigenvalue weighted by atomic mass is 15.0. The maximum absolute atomic E-state index is 8.92. The van der Waals surface area contributed by atoms with Gasteiger partial charge in [0, 0.05) is 24.8 Å². The van der Waals surface area contributed by atoms with E-state index >= 15 is 0 Å². The standard InChI is InChI=1S/C12H16N4/c1-9-2-3-10(8-13)12(16-9)15-7-6-14-11-4-5-11/h2-3,11,14H,4-7H2,1H3,(H,15,16). The molecule has 0 spiro atoms. The van der Waals surface area contributed by atoms with Gasteiger partial charge in [0.2, 0.25) is 0 Å². The summed E-state index contributed by atoms with van der Waals surface area (Å²) >= 11 is 0. The normalized spacial score (nSPS) is 14.5. The second-order valence-corrected chi connectivity index (χ2v) is 4.12. The topological polar surface area (TPSA) is 60.7 Å². The van der Waals surface area contributed by atoms with Crippen molar-refractivity contribution in [1.82, 2.24) is 10.3 Å². The van der Waals surface area contributed by atoms with Gasteiger partial charge < -0.3 is 10.6 Å². The van der Waals surface area contributed by atoms with Crippen molar-refractivity contribution in [3.63, 3.8) is 0 Å². The summed E-state index contributed by atoms with van der Waals surface area (Å²) < 4.78 is 0. The van der Waals surface area contributed by atoms with Crippen LogP contribution in [0.4, 0.5) is 5.82 Å². The third-order valence-corrected chi connectivity index (χ3v) is 2.58. The fourth-order valence-electron chi connectivity index (χ4n) is 1.53. The fourth-order valence-corrected chi connectivity index (χ4v) is 1.53. The summed E-state index contributed by atoms with van der Waals surface area (Å²) in [6.45, 7) is 3.65. The largest absolute Gasteiger partial charge is 0.368 e. The number of nitriles is 1. The number of pyridine rings is 1. The molecule has 0 atom stereocenters. The second-order valence-electron chi connectivity index (χ2n) is 4.12. The molecule has 1 aliphatic rings. The van der Waals surface area contributed by atoms with Crippen molar-refractivity contribution in [3.8, 4) is 6.07 Å². The van der Waals surface area contributed by atoms with E-state index in [2.05, 4.69) is 21.7 Å². The molecule has 1 aromatic rings. The molecule has 0 aromatic carbocycles. The minimum absolute atomic E-state index is 0.608. The van der Waals surface area contributed by atoms with Crippen LogP contribution in [0.2, 0.25) is 0 Å². The van der Waals surface area contributed by atoms with Crippen molar-refractivity contribution in [3.05, 3.63) is 23.4 Å². The van der Waals surface area contributed by atoms with Crippen LogP contribution in [-0.2, 0) is 0 Å². The Morgan fingerprint density at radius 2 is 2.25 bits per heavy atom. The predicted molar refractivity (Wildman–Crippen MR) is 63.2 cm³/mol. The number of nitrogens with one attached hydrogen (secondary N) is 2. The molecule has 0 aliphatic heterocycles. The highest BCUT2D eigenvalue weighted by molar-refractivity contribution is 5.52. The van der Waals surface area contributed by atoms with Crippen LogP contribution in [0.3, 0.4) is 0 Å². The van der Waals surface area contributed by atoms with E-state index < -0.39 is 0 Å². The van der Waals surface area contributed by atoms with Gasteiger partial charge in [-0.15, -0.1) is 0 Å². The quantitative estimate of drug-likeness (QED) is 0.731. The number of hydrogen-bond donors (Lipinski definition) is 2.